The fourth-order valence-corrected chi connectivity index (χ4v) is 3.35. The number of aryl methyl sites for hydroxylation is 3. The molecule has 102 valence electrons. The van der Waals surface area contributed by atoms with Crippen molar-refractivity contribution in [3.8, 4) is 0 Å². The molecule has 0 amide bonds. The van der Waals surface area contributed by atoms with Crippen LogP contribution in [0.25, 0.3) is 0 Å². The maximum atomic E-state index is 3.61. The first-order chi connectivity index (χ1) is 9.01. The zero-order valence-electron chi connectivity index (χ0n) is 11.9. The first kappa shape index (κ1) is 14.6. The van der Waals surface area contributed by atoms with Gasteiger partial charge in [0.1, 0.15) is 0 Å². The lowest BCUT2D eigenvalue weighted by Gasteiger charge is -2.16. The van der Waals surface area contributed by atoms with Crippen LogP contribution in [0.4, 0.5) is 5.69 Å². The van der Waals surface area contributed by atoms with Gasteiger partial charge in [-0.2, -0.15) is 0 Å². The zero-order chi connectivity index (χ0) is 14.0. The molecule has 0 aliphatic carbocycles. The van der Waals surface area contributed by atoms with Gasteiger partial charge in [0.15, 0.2) is 0 Å². The number of nitrogens with one attached hydrogen (secondary N) is 1. The standard InChI is InChI=1S/C16H20BrNS/c1-5-14-6-7-15(19-14)12(4)18-13-8-10(2)16(17)11(3)9-13/h6-9,12,18H,5H2,1-4H3. The predicted molar refractivity (Wildman–Crippen MR) is 89.4 cm³/mol. The summed E-state index contributed by atoms with van der Waals surface area (Å²) < 4.78 is 1.20. The summed E-state index contributed by atoms with van der Waals surface area (Å²) in [6, 6.07) is 9.21. The third-order valence-electron chi connectivity index (χ3n) is 3.28. The molecule has 0 spiro atoms. The fourth-order valence-electron chi connectivity index (χ4n) is 2.17. The quantitative estimate of drug-likeness (QED) is 0.736. The minimum atomic E-state index is 0.352. The van der Waals surface area contributed by atoms with Crippen molar-refractivity contribution in [2.75, 3.05) is 5.32 Å². The molecule has 0 saturated carbocycles. The monoisotopic (exact) mass is 337 g/mol. The van der Waals surface area contributed by atoms with E-state index >= 15 is 0 Å². The van der Waals surface area contributed by atoms with Crippen LogP contribution in [0.5, 0.6) is 0 Å². The highest BCUT2D eigenvalue weighted by molar-refractivity contribution is 9.10. The van der Waals surface area contributed by atoms with Crippen molar-refractivity contribution in [1.82, 2.24) is 0 Å². The number of rotatable bonds is 4. The van der Waals surface area contributed by atoms with Crippen molar-refractivity contribution in [3.63, 3.8) is 0 Å². The fraction of sp³-hybridized carbons (Fsp3) is 0.375. The van der Waals surface area contributed by atoms with Crippen LogP contribution in [0.3, 0.4) is 0 Å². The predicted octanol–water partition coefficient (Wildman–Crippen LogP) is 5.86. The van der Waals surface area contributed by atoms with Crippen molar-refractivity contribution in [3.05, 3.63) is 49.6 Å². The van der Waals surface area contributed by atoms with E-state index < -0.39 is 0 Å². The van der Waals surface area contributed by atoms with E-state index in [1.807, 2.05) is 11.3 Å². The maximum Gasteiger partial charge on any atom is 0.0578 e. The van der Waals surface area contributed by atoms with Gasteiger partial charge in [-0.3, -0.25) is 0 Å². The highest BCUT2D eigenvalue weighted by Crippen LogP contribution is 2.29. The first-order valence-corrected chi connectivity index (χ1v) is 8.24. The third kappa shape index (κ3) is 3.40. The molecule has 1 nitrogen and oxygen atoms in total. The first-order valence-electron chi connectivity index (χ1n) is 6.63. The summed E-state index contributed by atoms with van der Waals surface area (Å²) in [6.45, 7) is 8.69. The number of halogens is 1. The Labute approximate surface area is 128 Å². The molecule has 1 aromatic heterocycles. The topological polar surface area (TPSA) is 12.0 Å². The second-order valence-electron chi connectivity index (χ2n) is 4.95. The molecule has 0 fully saturated rings. The summed E-state index contributed by atoms with van der Waals surface area (Å²) in [5.41, 5.74) is 3.74. The molecule has 1 aromatic carbocycles. The van der Waals surface area contributed by atoms with E-state index in [4.69, 9.17) is 0 Å². The van der Waals surface area contributed by atoms with E-state index in [0.29, 0.717) is 6.04 Å². The van der Waals surface area contributed by atoms with Crippen LogP contribution in [-0.4, -0.2) is 0 Å². The molecule has 2 rings (SSSR count). The summed E-state index contributed by atoms with van der Waals surface area (Å²) in [5, 5.41) is 3.59. The van der Waals surface area contributed by atoms with Gasteiger partial charge in [0.2, 0.25) is 0 Å². The number of thiophene rings is 1. The molecule has 0 radical (unpaired) electrons. The van der Waals surface area contributed by atoms with Gasteiger partial charge in [0.05, 0.1) is 6.04 Å². The number of benzene rings is 1. The van der Waals surface area contributed by atoms with Gasteiger partial charge < -0.3 is 5.32 Å². The minimum absolute atomic E-state index is 0.352. The smallest absolute Gasteiger partial charge is 0.0578 e. The Balaban J connectivity index is 2.16. The molecule has 1 N–H and O–H groups in total. The Morgan fingerprint density at radius 2 is 1.84 bits per heavy atom. The van der Waals surface area contributed by atoms with Crippen molar-refractivity contribution in [2.45, 2.75) is 40.2 Å². The number of hydrogen-bond acceptors (Lipinski definition) is 2. The van der Waals surface area contributed by atoms with Crippen molar-refractivity contribution in [1.29, 1.82) is 0 Å². The van der Waals surface area contributed by atoms with E-state index in [9.17, 15) is 0 Å². The largest absolute Gasteiger partial charge is 0.378 e. The molecule has 3 heteroatoms. The molecule has 2 aromatic rings. The van der Waals surface area contributed by atoms with Gasteiger partial charge in [-0.1, -0.05) is 22.9 Å². The van der Waals surface area contributed by atoms with Crippen LogP contribution in [0, 0.1) is 13.8 Å². The van der Waals surface area contributed by atoms with Crippen LogP contribution in [0.15, 0.2) is 28.7 Å². The van der Waals surface area contributed by atoms with Crippen LogP contribution < -0.4 is 5.32 Å². The second kappa shape index (κ2) is 6.10. The molecule has 19 heavy (non-hydrogen) atoms. The van der Waals surface area contributed by atoms with Gasteiger partial charge in [-0.05, 0) is 62.6 Å². The van der Waals surface area contributed by atoms with Gasteiger partial charge in [-0.15, -0.1) is 11.3 Å². The van der Waals surface area contributed by atoms with Crippen molar-refractivity contribution < 1.29 is 0 Å². The number of anilines is 1. The lowest BCUT2D eigenvalue weighted by atomic mass is 10.1. The zero-order valence-corrected chi connectivity index (χ0v) is 14.3. The Bertz CT molecular complexity index is 551. The summed E-state index contributed by atoms with van der Waals surface area (Å²) in [6.07, 6.45) is 1.12. The van der Waals surface area contributed by atoms with Crippen LogP contribution in [0.1, 0.15) is 40.8 Å². The van der Waals surface area contributed by atoms with Gasteiger partial charge in [-0.25, -0.2) is 0 Å². The molecule has 1 unspecified atom stereocenters. The SMILES string of the molecule is CCc1ccc(C(C)Nc2cc(C)c(Br)c(C)c2)s1. The Morgan fingerprint density at radius 1 is 1.21 bits per heavy atom. The second-order valence-corrected chi connectivity index (χ2v) is 6.94. The van der Waals surface area contributed by atoms with Gasteiger partial charge >= 0.3 is 0 Å². The molecule has 0 saturated heterocycles. The van der Waals surface area contributed by atoms with Crippen LogP contribution in [0.2, 0.25) is 0 Å². The minimum Gasteiger partial charge on any atom is -0.378 e. The molecule has 0 aliphatic rings. The summed E-state index contributed by atoms with van der Waals surface area (Å²) in [4.78, 5) is 2.85. The lowest BCUT2D eigenvalue weighted by Crippen LogP contribution is -2.05. The van der Waals surface area contributed by atoms with E-state index in [1.54, 1.807) is 0 Å². The maximum absolute atomic E-state index is 3.61. The molecular weight excluding hydrogens is 318 g/mol. The summed E-state index contributed by atoms with van der Waals surface area (Å²) >= 11 is 5.51. The third-order valence-corrected chi connectivity index (χ3v) is 5.94. The highest BCUT2D eigenvalue weighted by Gasteiger charge is 2.09. The average molecular weight is 338 g/mol. The number of hydrogen-bond donors (Lipinski definition) is 1. The average Bonchev–Trinajstić information content (AvgIpc) is 2.84. The van der Waals surface area contributed by atoms with E-state index in [-0.39, 0.29) is 0 Å². The normalized spacial score (nSPS) is 12.5. The Kier molecular flexibility index (Phi) is 4.69. The van der Waals surface area contributed by atoms with Crippen molar-refractivity contribution in [2.24, 2.45) is 0 Å². The Hall–Kier alpha value is -0.800. The van der Waals surface area contributed by atoms with E-state index in [1.165, 1.54) is 31.0 Å². The summed E-state index contributed by atoms with van der Waals surface area (Å²) in [7, 11) is 0. The van der Waals surface area contributed by atoms with Crippen LogP contribution >= 0.6 is 27.3 Å². The molecular formula is C16H20BrNS. The highest BCUT2D eigenvalue weighted by atomic mass is 79.9. The van der Waals surface area contributed by atoms with E-state index in [2.05, 4.69) is 73.2 Å². The summed E-state index contributed by atoms with van der Waals surface area (Å²) in [5.74, 6) is 0. The lowest BCUT2D eigenvalue weighted by molar-refractivity contribution is 0.907. The van der Waals surface area contributed by atoms with Gasteiger partial charge in [0.25, 0.3) is 0 Å². The van der Waals surface area contributed by atoms with Crippen molar-refractivity contribution >= 4 is 33.0 Å². The Morgan fingerprint density at radius 3 is 2.37 bits per heavy atom. The molecule has 0 aliphatic heterocycles. The molecule has 1 atom stereocenters. The van der Waals surface area contributed by atoms with E-state index in [0.717, 1.165) is 6.42 Å². The van der Waals surface area contributed by atoms with Gasteiger partial charge in [0, 0.05) is 19.9 Å². The molecule has 0 bridgehead atoms. The van der Waals surface area contributed by atoms with Crippen LogP contribution in [-0.2, 0) is 6.42 Å². The molecule has 1 heterocycles.